The minimum atomic E-state index is -4.08. The molecule has 0 unspecified atom stereocenters. The SMILES string of the molecule is Cc1cc(NC(=O)c2ccc(Br)cc2)c(C(C)C)c(S(=O)(=O)c2ccc(Cl)cc2)c1O. The fourth-order valence-corrected chi connectivity index (χ4v) is 5.44. The second-order valence-corrected chi connectivity index (χ2v) is 10.6. The molecule has 0 aromatic heterocycles. The zero-order valence-electron chi connectivity index (χ0n) is 17.1. The molecule has 0 aliphatic rings. The van der Waals surface area contributed by atoms with E-state index in [1.807, 2.05) is 0 Å². The van der Waals surface area contributed by atoms with E-state index in [0.29, 0.717) is 27.4 Å². The van der Waals surface area contributed by atoms with Crippen LogP contribution >= 0.6 is 27.5 Å². The number of sulfone groups is 1. The highest BCUT2D eigenvalue weighted by Crippen LogP contribution is 2.42. The van der Waals surface area contributed by atoms with Gasteiger partial charge in [-0.05, 0) is 73.0 Å². The Morgan fingerprint density at radius 3 is 2.19 bits per heavy atom. The Bertz CT molecular complexity index is 1240. The van der Waals surface area contributed by atoms with Crippen molar-refractivity contribution in [1.82, 2.24) is 0 Å². The summed E-state index contributed by atoms with van der Waals surface area (Å²) in [5.74, 6) is -1.02. The van der Waals surface area contributed by atoms with Gasteiger partial charge in [0.25, 0.3) is 5.91 Å². The number of carbonyl (C=O) groups is 1. The van der Waals surface area contributed by atoms with E-state index in [1.54, 1.807) is 51.1 Å². The summed E-state index contributed by atoms with van der Waals surface area (Å²) in [6.45, 7) is 5.20. The van der Waals surface area contributed by atoms with E-state index in [-0.39, 0.29) is 27.4 Å². The number of nitrogens with one attached hydrogen (secondary N) is 1. The summed E-state index contributed by atoms with van der Waals surface area (Å²) in [6.07, 6.45) is 0. The molecule has 162 valence electrons. The highest BCUT2D eigenvalue weighted by Gasteiger charge is 2.30. The van der Waals surface area contributed by atoms with E-state index in [1.165, 1.54) is 24.3 Å². The molecule has 3 aromatic carbocycles. The molecule has 0 saturated carbocycles. The Kier molecular flexibility index (Phi) is 6.79. The van der Waals surface area contributed by atoms with Crippen molar-refractivity contribution in [2.75, 3.05) is 5.32 Å². The first-order valence-corrected chi connectivity index (χ1v) is 12.1. The number of phenols is 1. The van der Waals surface area contributed by atoms with Crippen LogP contribution in [-0.2, 0) is 9.84 Å². The highest BCUT2D eigenvalue weighted by molar-refractivity contribution is 9.10. The van der Waals surface area contributed by atoms with Gasteiger partial charge in [-0.15, -0.1) is 0 Å². The zero-order chi connectivity index (χ0) is 22.9. The Hall–Kier alpha value is -2.35. The van der Waals surface area contributed by atoms with Gasteiger partial charge in [0.05, 0.1) is 4.90 Å². The predicted molar refractivity (Wildman–Crippen MR) is 126 cm³/mol. The lowest BCUT2D eigenvalue weighted by molar-refractivity contribution is 0.102. The van der Waals surface area contributed by atoms with E-state index < -0.39 is 9.84 Å². The van der Waals surface area contributed by atoms with Gasteiger partial charge in [0.15, 0.2) is 0 Å². The molecule has 3 aromatic rings. The average Bonchev–Trinajstić information content (AvgIpc) is 2.70. The van der Waals surface area contributed by atoms with Crippen molar-refractivity contribution in [3.63, 3.8) is 0 Å². The summed E-state index contributed by atoms with van der Waals surface area (Å²) in [5, 5.41) is 14.0. The van der Waals surface area contributed by atoms with Crippen molar-refractivity contribution >= 4 is 49.0 Å². The number of rotatable bonds is 5. The quantitative estimate of drug-likeness (QED) is 0.384. The second kappa shape index (κ2) is 9.02. The Labute approximate surface area is 195 Å². The van der Waals surface area contributed by atoms with Gasteiger partial charge in [-0.1, -0.05) is 41.4 Å². The number of aryl methyl sites for hydroxylation is 1. The third-order valence-electron chi connectivity index (χ3n) is 4.81. The molecular formula is C23H21BrClNO4S. The van der Waals surface area contributed by atoms with Gasteiger partial charge in [0, 0.05) is 26.3 Å². The van der Waals surface area contributed by atoms with Crippen molar-refractivity contribution in [2.24, 2.45) is 0 Å². The lowest BCUT2D eigenvalue weighted by Crippen LogP contribution is -2.16. The lowest BCUT2D eigenvalue weighted by Gasteiger charge is -2.21. The molecule has 1 amide bonds. The fourth-order valence-electron chi connectivity index (χ4n) is 3.27. The van der Waals surface area contributed by atoms with Crippen LogP contribution in [-0.4, -0.2) is 19.4 Å². The first kappa shape index (κ1) is 23.3. The maximum Gasteiger partial charge on any atom is 0.255 e. The summed E-state index contributed by atoms with van der Waals surface area (Å²) in [7, 11) is -4.08. The van der Waals surface area contributed by atoms with E-state index >= 15 is 0 Å². The largest absolute Gasteiger partial charge is 0.506 e. The van der Waals surface area contributed by atoms with Crippen LogP contribution in [0, 0.1) is 6.92 Å². The Morgan fingerprint density at radius 2 is 1.65 bits per heavy atom. The van der Waals surface area contributed by atoms with Crippen molar-refractivity contribution in [2.45, 2.75) is 36.5 Å². The molecule has 0 aliphatic heterocycles. The summed E-state index contributed by atoms with van der Waals surface area (Å²) >= 11 is 9.23. The normalized spacial score (nSPS) is 11.5. The third kappa shape index (κ3) is 4.79. The van der Waals surface area contributed by atoms with Crippen LogP contribution in [0.5, 0.6) is 5.75 Å². The number of anilines is 1. The van der Waals surface area contributed by atoms with Crippen LogP contribution in [0.4, 0.5) is 5.69 Å². The van der Waals surface area contributed by atoms with Gasteiger partial charge in [-0.3, -0.25) is 4.79 Å². The molecule has 0 spiro atoms. The van der Waals surface area contributed by atoms with Crippen molar-refractivity contribution < 1.29 is 18.3 Å². The molecule has 5 nitrogen and oxygen atoms in total. The molecule has 0 aliphatic carbocycles. The average molecular weight is 523 g/mol. The molecule has 8 heteroatoms. The van der Waals surface area contributed by atoms with Gasteiger partial charge < -0.3 is 10.4 Å². The molecule has 3 rings (SSSR count). The molecule has 2 N–H and O–H groups in total. The highest BCUT2D eigenvalue weighted by atomic mass is 79.9. The van der Waals surface area contributed by atoms with Gasteiger partial charge in [0.1, 0.15) is 10.6 Å². The van der Waals surface area contributed by atoms with E-state index in [2.05, 4.69) is 21.2 Å². The van der Waals surface area contributed by atoms with Crippen molar-refractivity contribution in [3.05, 3.63) is 80.8 Å². The molecule has 0 atom stereocenters. The molecule has 0 fully saturated rings. The number of hydrogen-bond donors (Lipinski definition) is 2. The third-order valence-corrected chi connectivity index (χ3v) is 7.43. The predicted octanol–water partition coefficient (Wildman–Crippen LogP) is 6.33. The molecule has 0 radical (unpaired) electrons. The second-order valence-electron chi connectivity index (χ2n) is 7.41. The summed E-state index contributed by atoms with van der Waals surface area (Å²) in [6, 6.07) is 14.1. The minimum Gasteiger partial charge on any atom is -0.506 e. The number of amides is 1. The van der Waals surface area contributed by atoms with Gasteiger partial charge in [-0.2, -0.15) is 0 Å². The number of carbonyl (C=O) groups excluding carboxylic acids is 1. The molecule has 0 saturated heterocycles. The maximum absolute atomic E-state index is 13.5. The van der Waals surface area contributed by atoms with Gasteiger partial charge >= 0.3 is 0 Å². The standard InChI is InChI=1S/C23H21BrClNO4S/c1-13(2)20-19(26-23(28)15-4-6-16(24)7-5-15)12-14(3)21(27)22(20)31(29,30)18-10-8-17(25)9-11-18/h4-13,27H,1-3H3,(H,26,28). The first-order valence-electron chi connectivity index (χ1n) is 9.46. The van der Waals surface area contributed by atoms with Crippen LogP contribution in [0.3, 0.4) is 0 Å². The zero-order valence-corrected chi connectivity index (χ0v) is 20.3. The van der Waals surface area contributed by atoms with Crippen LogP contribution in [0.1, 0.15) is 41.3 Å². The smallest absolute Gasteiger partial charge is 0.255 e. The fraction of sp³-hybridized carbons (Fsp3) is 0.174. The monoisotopic (exact) mass is 521 g/mol. The van der Waals surface area contributed by atoms with Crippen LogP contribution in [0.25, 0.3) is 0 Å². The molecule has 31 heavy (non-hydrogen) atoms. The van der Waals surface area contributed by atoms with Crippen LogP contribution in [0.15, 0.2) is 68.9 Å². The summed E-state index contributed by atoms with van der Waals surface area (Å²) in [5.41, 5.74) is 1.43. The Balaban J connectivity index is 2.18. The van der Waals surface area contributed by atoms with Crippen molar-refractivity contribution in [3.8, 4) is 5.75 Å². The number of aromatic hydroxyl groups is 1. The van der Waals surface area contributed by atoms with Gasteiger partial charge in [-0.25, -0.2) is 8.42 Å². The summed E-state index contributed by atoms with van der Waals surface area (Å²) < 4.78 is 27.8. The molecule has 0 bridgehead atoms. The minimum absolute atomic E-state index is 0.00452. The van der Waals surface area contributed by atoms with E-state index in [4.69, 9.17) is 11.6 Å². The first-order chi connectivity index (χ1) is 14.5. The number of phenolic OH excluding ortho intramolecular Hbond substituents is 1. The van der Waals surface area contributed by atoms with Crippen LogP contribution in [0.2, 0.25) is 5.02 Å². The molecular weight excluding hydrogens is 502 g/mol. The number of halogens is 2. The molecule has 0 heterocycles. The number of hydrogen-bond acceptors (Lipinski definition) is 4. The van der Waals surface area contributed by atoms with E-state index in [0.717, 1.165) is 4.47 Å². The van der Waals surface area contributed by atoms with Gasteiger partial charge in [0.2, 0.25) is 9.84 Å². The lowest BCUT2D eigenvalue weighted by atomic mass is 9.98. The van der Waals surface area contributed by atoms with Crippen molar-refractivity contribution in [1.29, 1.82) is 0 Å². The maximum atomic E-state index is 13.5. The Morgan fingerprint density at radius 1 is 1.06 bits per heavy atom. The van der Waals surface area contributed by atoms with E-state index in [9.17, 15) is 18.3 Å². The van der Waals surface area contributed by atoms with Crippen LogP contribution < -0.4 is 5.32 Å². The number of benzene rings is 3. The summed E-state index contributed by atoms with van der Waals surface area (Å²) in [4.78, 5) is 12.6. The topological polar surface area (TPSA) is 83.5 Å².